The van der Waals surface area contributed by atoms with Crippen LogP contribution < -0.4 is 0 Å². The van der Waals surface area contributed by atoms with E-state index in [0.29, 0.717) is 29.0 Å². The number of carboxylic acids is 1. The van der Waals surface area contributed by atoms with Crippen molar-refractivity contribution in [3.63, 3.8) is 0 Å². The topological polar surface area (TPSA) is 115 Å². The van der Waals surface area contributed by atoms with Gasteiger partial charge in [-0.2, -0.15) is 4.31 Å². The van der Waals surface area contributed by atoms with Gasteiger partial charge < -0.3 is 15.1 Å². The van der Waals surface area contributed by atoms with Gasteiger partial charge >= 0.3 is 5.97 Å². The Morgan fingerprint density at radius 1 is 1.18 bits per heavy atom. The maximum atomic E-state index is 13.3. The summed E-state index contributed by atoms with van der Waals surface area (Å²) in [7, 11) is -3.97. The van der Waals surface area contributed by atoms with E-state index in [1.54, 1.807) is 19.9 Å². The Morgan fingerprint density at radius 3 is 2.50 bits per heavy atom. The average molecular weight is 431 g/mol. The average Bonchev–Trinajstić information content (AvgIpc) is 3.24. The van der Waals surface area contributed by atoms with E-state index in [1.165, 1.54) is 6.07 Å². The number of carboxylic acid groups (broad SMARTS) is 1. The van der Waals surface area contributed by atoms with Crippen LogP contribution in [-0.2, 0) is 19.6 Å². The first-order chi connectivity index (χ1) is 13.0. The molecule has 8 nitrogen and oxygen atoms in total. The zero-order valence-electron chi connectivity index (χ0n) is 15.6. The van der Waals surface area contributed by atoms with Gasteiger partial charge in [0.25, 0.3) is 0 Å². The third kappa shape index (κ3) is 3.63. The summed E-state index contributed by atoms with van der Waals surface area (Å²) in [5.41, 5.74) is 1.09. The van der Waals surface area contributed by atoms with Gasteiger partial charge in [0, 0.05) is 24.5 Å². The van der Waals surface area contributed by atoms with Gasteiger partial charge in [-0.25, -0.2) is 13.2 Å². The molecule has 0 radical (unpaired) electrons. The van der Waals surface area contributed by atoms with Crippen molar-refractivity contribution in [3.8, 4) is 0 Å². The molecule has 10 heteroatoms. The second kappa shape index (κ2) is 7.62. The molecule has 3 unspecified atom stereocenters. The van der Waals surface area contributed by atoms with Crippen molar-refractivity contribution in [1.29, 1.82) is 0 Å². The molecule has 1 aromatic carbocycles. The van der Waals surface area contributed by atoms with Gasteiger partial charge in [0.05, 0.1) is 11.0 Å². The first kappa shape index (κ1) is 21.0. The zero-order valence-corrected chi connectivity index (χ0v) is 17.2. The highest BCUT2D eigenvalue weighted by Crippen LogP contribution is 2.32. The standard InChI is InChI=1S/C18H23ClN2O6S/c1-10-7-16(11(2)6-13(10)19)28(26,27)21-5-3-4-14(21)17(23)20-9-12(22)8-15(20)18(24)25/h6-7,12,14-15,22H,3-5,8-9H2,1-2H3,(H,24,25). The van der Waals surface area contributed by atoms with Gasteiger partial charge in [0.1, 0.15) is 12.1 Å². The molecule has 1 amide bonds. The number of halogens is 1. The molecule has 2 saturated heterocycles. The van der Waals surface area contributed by atoms with Gasteiger partial charge in [-0.05, 0) is 49.9 Å². The van der Waals surface area contributed by atoms with E-state index in [-0.39, 0.29) is 24.4 Å². The SMILES string of the molecule is Cc1cc(S(=O)(=O)N2CCCC2C(=O)N2CC(O)CC2C(=O)O)c(C)cc1Cl. The molecule has 3 atom stereocenters. The van der Waals surface area contributed by atoms with E-state index in [9.17, 15) is 28.2 Å². The monoisotopic (exact) mass is 430 g/mol. The molecule has 0 spiro atoms. The van der Waals surface area contributed by atoms with Crippen LogP contribution in [0.5, 0.6) is 0 Å². The van der Waals surface area contributed by atoms with Crippen molar-refractivity contribution in [3.05, 3.63) is 28.3 Å². The Labute approximate surface area is 168 Å². The van der Waals surface area contributed by atoms with E-state index in [2.05, 4.69) is 0 Å². The smallest absolute Gasteiger partial charge is 0.326 e. The predicted octanol–water partition coefficient (Wildman–Crippen LogP) is 1.16. The quantitative estimate of drug-likeness (QED) is 0.740. The minimum absolute atomic E-state index is 0.0595. The lowest BCUT2D eigenvalue weighted by Crippen LogP contribution is -2.51. The number of hydrogen-bond acceptors (Lipinski definition) is 5. The largest absolute Gasteiger partial charge is 0.480 e. The Bertz CT molecular complexity index is 919. The number of aliphatic carboxylic acids is 1. The Kier molecular flexibility index (Phi) is 5.73. The second-order valence-electron chi connectivity index (χ2n) is 7.37. The van der Waals surface area contributed by atoms with Crippen LogP contribution in [0.2, 0.25) is 5.02 Å². The number of sulfonamides is 1. The number of hydrogen-bond donors (Lipinski definition) is 2. The van der Waals surface area contributed by atoms with Crippen molar-refractivity contribution in [2.24, 2.45) is 0 Å². The maximum Gasteiger partial charge on any atom is 0.326 e. The molecule has 0 bridgehead atoms. The number of β-amino-alcohol motifs (C(OH)–C–C–N with tert-alkyl or cyclic N) is 1. The third-order valence-corrected chi connectivity index (χ3v) is 7.84. The van der Waals surface area contributed by atoms with Gasteiger partial charge in [0.2, 0.25) is 15.9 Å². The minimum Gasteiger partial charge on any atom is -0.480 e. The molecule has 2 aliphatic heterocycles. The van der Waals surface area contributed by atoms with Crippen LogP contribution in [0.15, 0.2) is 17.0 Å². The maximum absolute atomic E-state index is 13.3. The molecule has 2 heterocycles. The summed E-state index contributed by atoms with van der Waals surface area (Å²) in [6.45, 7) is 3.41. The van der Waals surface area contributed by atoms with E-state index in [4.69, 9.17) is 11.6 Å². The van der Waals surface area contributed by atoms with Gasteiger partial charge in [0.15, 0.2) is 0 Å². The highest BCUT2D eigenvalue weighted by atomic mass is 35.5. The number of aliphatic hydroxyl groups excluding tert-OH is 1. The fourth-order valence-electron chi connectivity index (χ4n) is 3.92. The lowest BCUT2D eigenvalue weighted by atomic mass is 10.1. The van der Waals surface area contributed by atoms with Crippen molar-refractivity contribution in [2.75, 3.05) is 13.1 Å². The molecule has 2 N–H and O–H groups in total. The van der Waals surface area contributed by atoms with E-state index < -0.39 is 40.1 Å². The number of rotatable bonds is 4. The molecular weight excluding hydrogens is 408 g/mol. The van der Waals surface area contributed by atoms with Crippen LogP contribution in [0.1, 0.15) is 30.4 Å². The number of carbonyl (C=O) groups is 2. The minimum atomic E-state index is -3.97. The van der Waals surface area contributed by atoms with Crippen LogP contribution in [0.3, 0.4) is 0 Å². The van der Waals surface area contributed by atoms with Gasteiger partial charge in [-0.3, -0.25) is 4.79 Å². The molecule has 3 rings (SSSR count). The highest BCUT2D eigenvalue weighted by Gasteiger charge is 2.46. The van der Waals surface area contributed by atoms with Gasteiger partial charge in [-0.1, -0.05) is 11.6 Å². The fraction of sp³-hybridized carbons (Fsp3) is 0.556. The molecule has 0 aliphatic carbocycles. The van der Waals surface area contributed by atoms with Gasteiger partial charge in [-0.15, -0.1) is 0 Å². The number of carbonyl (C=O) groups excluding carboxylic acids is 1. The van der Waals surface area contributed by atoms with Crippen molar-refractivity contribution < 1.29 is 28.2 Å². The van der Waals surface area contributed by atoms with Crippen LogP contribution in [0.25, 0.3) is 0 Å². The summed E-state index contributed by atoms with van der Waals surface area (Å²) < 4.78 is 27.7. The lowest BCUT2D eigenvalue weighted by molar-refractivity contribution is -0.149. The number of nitrogens with zero attached hydrogens (tertiary/aromatic N) is 2. The summed E-state index contributed by atoms with van der Waals surface area (Å²) in [4.78, 5) is 25.6. The van der Waals surface area contributed by atoms with E-state index in [1.807, 2.05) is 0 Å². The Morgan fingerprint density at radius 2 is 1.86 bits per heavy atom. The van der Waals surface area contributed by atoms with Crippen LogP contribution in [-0.4, -0.2) is 71.0 Å². The Balaban J connectivity index is 1.93. The van der Waals surface area contributed by atoms with Crippen LogP contribution in [0, 0.1) is 13.8 Å². The molecule has 28 heavy (non-hydrogen) atoms. The van der Waals surface area contributed by atoms with Crippen molar-refractivity contribution in [1.82, 2.24) is 9.21 Å². The third-order valence-electron chi connectivity index (χ3n) is 5.38. The van der Waals surface area contributed by atoms with E-state index in [0.717, 1.165) is 9.21 Å². The first-order valence-electron chi connectivity index (χ1n) is 9.04. The predicted molar refractivity (Wildman–Crippen MR) is 102 cm³/mol. The number of aryl methyl sites for hydroxylation is 2. The molecule has 2 fully saturated rings. The molecule has 1 aromatic rings. The summed E-state index contributed by atoms with van der Waals surface area (Å²) in [5.74, 6) is -1.78. The molecular formula is C18H23ClN2O6S. The van der Waals surface area contributed by atoms with Crippen LogP contribution >= 0.6 is 11.6 Å². The number of benzene rings is 1. The van der Waals surface area contributed by atoms with Crippen molar-refractivity contribution in [2.45, 2.75) is 56.2 Å². The molecule has 154 valence electrons. The molecule has 0 saturated carbocycles. The summed E-state index contributed by atoms with van der Waals surface area (Å²) in [6, 6.07) is 0.945. The fourth-order valence-corrected chi connectivity index (χ4v) is 6.08. The Hall–Kier alpha value is -1.68. The zero-order chi connectivity index (χ0) is 20.8. The summed E-state index contributed by atoms with van der Waals surface area (Å²) >= 11 is 6.07. The molecule has 2 aliphatic rings. The first-order valence-corrected chi connectivity index (χ1v) is 10.9. The van der Waals surface area contributed by atoms with E-state index >= 15 is 0 Å². The normalized spacial score (nSPS) is 26.0. The highest BCUT2D eigenvalue weighted by molar-refractivity contribution is 7.89. The van der Waals surface area contributed by atoms with Crippen LogP contribution in [0.4, 0.5) is 0 Å². The van der Waals surface area contributed by atoms with Crippen molar-refractivity contribution >= 4 is 33.5 Å². The summed E-state index contributed by atoms with van der Waals surface area (Å²) in [5, 5.41) is 19.6. The number of amides is 1. The molecule has 0 aromatic heterocycles. The number of aliphatic hydroxyl groups is 1. The number of likely N-dealkylation sites (tertiary alicyclic amines) is 1. The lowest BCUT2D eigenvalue weighted by Gasteiger charge is -2.29. The second-order valence-corrected chi connectivity index (χ2v) is 9.64. The summed E-state index contributed by atoms with van der Waals surface area (Å²) in [6.07, 6.45) is -0.189.